The molecule has 0 N–H and O–H groups in total. The van der Waals surface area contributed by atoms with Crippen LogP contribution in [0.3, 0.4) is 0 Å². The van der Waals surface area contributed by atoms with E-state index >= 15 is 0 Å². The van der Waals surface area contributed by atoms with Crippen LogP contribution in [-0.4, -0.2) is 18.2 Å². The van der Waals surface area contributed by atoms with Gasteiger partial charge < -0.3 is 9.47 Å². The molecule has 0 radical (unpaired) electrons. The molecule has 2 atom stereocenters. The first-order chi connectivity index (χ1) is 10.3. The van der Waals surface area contributed by atoms with Gasteiger partial charge in [0.15, 0.2) is 6.10 Å². The number of esters is 1. The maximum Gasteiger partial charge on any atom is 0.343 e. The van der Waals surface area contributed by atoms with Crippen LogP contribution in [0.25, 0.3) is 0 Å². The molecule has 0 spiro atoms. The second-order valence-corrected chi connectivity index (χ2v) is 5.74. The average molecular weight is 290 g/mol. The number of rotatable bonds is 10. The van der Waals surface area contributed by atoms with Gasteiger partial charge >= 0.3 is 5.97 Å². The monoisotopic (exact) mass is 290 g/mol. The number of unbranched alkanes of at least 4 members (excludes halogenated alkanes) is 6. The lowest BCUT2D eigenvalue weighted by Crippen LogP contribution is -2.17. The Bertz CT molecular complexity index is 416. The summed E-state index contributed by atoms with van der Waals surface area (Å²) >= 11 is 0. The topological polar surface area (TPSA) is 38.8 Å². The van der Waals surface area contributed by atoms with E-state index in [0.29, 0.717) is 5.75 Å². The molecule has 0 amide bonds. The lowest BCUT2D eigenvalue weighted by Gasteiger charge is -2.01. The minimum atomic E-state index is -0.342. The molecule has 1 aliphatic rings. The van der Waals surface area contributed by atoms with Crippen molar-refractivity contribution in [2.24, 2.45) is 0 Å². The highest BCUT2D eigenvalue weighted by molar-refractivity contribution is 5.80. The highest BCUT2D eigenvalue weighted by Gasteiger charge is 2.45. The minimum Gasteiger partial charge on any atom is -0.425 e. The molecule has 116 valence electrons. The predicted molar refractivity (Wildman–Crippen MR) is 83.3 cm³/mol. The summed E-state index contributed by atoms with van der Waals surface area (Å²) in [5.74, 6) is 0.335. The van der Waals surface area contributed by atoms with Gasteiger partial charge in [0, 0.05) is 0 Å². The van der Waals surface area contributed by atoms with Gasteiger partial charge in [0.05, 0.1) is 6.10 Å². The van der Waals surface area contributed by atoms with E-state index in [4.69, 9.17) is 9.47 Å². The number of carbonyl (C=O) groups is 1. The Labute approximate surface area is 127 Å². The first-order valence-corrected chi connectivity index (χ1v) is 8.23. The summed E-state index contributed by atoms with van der Waals surface area (Å²) in [7, 11) is 0. The molecule has 1 saturated heterocycles. The fourth-order valence-corrected chi connectivity index (χ4v) is 2.54. The lowest BCUT2D eigenvalue weighted by molar-refractivity contribution is -0.135. The van der Waals surface area contributed by atoms with E-state index in [1.165, 1.54) is 38.5 Å². The van der Waals surface area contributed by atoms with Gasteiger partial charge in [0.25, 0.3) is 0 Å². The van der Waals surface area contributed by atoms with E-state index in [-0.39, 0.29) is 18.2 Å². The van der Waals surface area contributed by atoms with Crippen molar-refractivity contribution in [3.8, 4) is 5.75 Å². The molecule has 1 aromatic carbocycles. The number of para-hydroxylation sites is 1. The summed E-state index contributed by atoms with van der Waals surface area (Å²) in [6.45, 7) is 2.24. The van der Waals surface area contributed by atoms with Crippen LogP contribution in [0.1, 0.15) is 58.3 Å². The maximum atomic E-state index is 11.8. The molecule has 21 heavy (non-hydrogen) atoms. The zero-order valence-electron chi connectivity index (χ0n) is 12.9. The van der Waals surface area contributed by atoms with Crippen molar-refractivity contribution in [3.63, 3.8) is 0 Å². The molecular formula is C18H26O3. The van der Waals surface area contributed by atoms with Gasteiger partial charge in [-0.15, -0.1) is 0 Å². The van der Waals surface area contributed by atoms with E-state index in [9.17, 15) is 4.79 Å². The van der Waals surface area contributed by atoms with Crippen LogP contribution >= 0.6 is 0 Å². The van der Waals surface area contributed by atoms with Crippen LogP contribution in [0.15, 0.2) is 30.3 Å². The zero-order valence-corrected chi connectivity index (χ0v) is 12.9. The lowest BCUT2D eigenvalue weighted by atomic mass is 10.1. The summed E-state index contributed by atoms with van der Waals surface area (Å²) in [6.07, 6.45) is 9.72. The van der Waals surface area contributed by atoms with Crippen LogP contribution < -0.4 is 4.74 Å². The highest BCUT2D eigenvalue weighted by atomic mass is 16.6. The van der Waals surface area contributed by atoms with Crippen molar-refractivity contribution in [1.29, 1.82) is 0 Å². The van der Waals surface area contributed by atoms with Crippen molar-refractivity contribution < 1.29 is 14.3 Å². The number of epoxide rings is 1. The Morgan fingerprint density at radius 1 is 1.05 bits per heavy atom. The number of carbonyl (C=O) groups excluding carboxylic acids is 1. The van der Waals surface area contributed by atoms with E-state index in [0.717, 1.165) is 12.8 Å². The SMILES string of the molecule is CCCCCCCCCC1OC1C(=O)Oc1ccccc1. The van der Waals surface area contributed by atoms with Gasteiger partial charge in [-0.05, 0) is 18.6 Å². The summed E-state index contributed by atoms with van der Waals surface area (Å²) < 4.78 is 10.7. The molecule has 0 aromatic heterocycles. The fraction of sp³-hybridized carbons (Fsp3) is 0.611. The van der Waals surface area contributed by atoms with Gasteiger partial charge in [-0.2, -0.15) is 0 Å². The Balaban J connectivity index is 1.52. The van der Waals surface area contributed by atoms with Crippen molar-refractivity contribution >= 4 is 5.97 Å². The van der Waals surface area contributed by atoms with E-state index in [2.05, 4.69) is 6.92 Å². The van der Waals surface area contributed by atoms with Crippen LogP contribution in [0.5, 0.6) is 5.75 Å². The summed E-state index contributed by atoms with van der Waals surface area (Å²) in [4.78, 5) is 11.8. The van der Waals surface area contributed by atoms with Crippen molar-refractivity contribution in [3.05, 3.63) is 30.3 Å². The molecule has 1 fully saturated rings. The standard InChI is InChI=1S/C18H26O3/c1-2-3-4-5-6-7-11-14-16-17(21-16)18(19)20-15-12-9-8-10-13-15/h8-10,12-13,16-17H,2-7,11,14H2,1H3. The molecule has 2 rings (SSSR count). The van der Waals surface area contributed by atoms with E-state index < -0.39 is 0 Å². The fourth-order valence-electron chi connectivity index (χ4n) is 2.54. The molecule has 3 heteroatoms. The van der Waals surface area contributed by atoms with Gasteiger partial charge in [-0.3, -0.25) is 0 Å². The third-order valence-electron chi connectivity index (χ3n) is 3.87. The van der Waals surface area contributed by atoms with Crippen LogP contribution in [0.2, 0.25) is 0 Å². The second-order valence-electron chi connectivity index (χ2n) is 5.74. The van der Waals surface area contributed by atoms with E-state index in [1.54, 1.807) is 12.1 Å². The third kappa shape index (κ3) is 5.88. The molecule has 2 unspecified atom stereocenters. The molecule has 1 heterocycles. The van der Waals surface area contributed by atoms with Gasteiger partial charge in [-0.25, -0.2) is 4.79 Å². The first kappa shape index (κ1) is 16.0. The first-order valence-electron chi connectivity index (χ1n) is 8.23. The number of hydrogen-bond acceptors (Lipinski definition) is 3. The van der Waals surface area contributed by atoms with Crippen LogP contribution in [0, 0.1) is 0 Å². The van der Waals surface area contributed by atoms with Crippen molar-refractivity contribution in [1.82, 2.24) is 0 Å². The molecular weight excluding hydrogens is 264 g/mol. The zero-order chi connectivity index (χ0) is 14.9. The van der Waals surface area contributed by atoms with Gasteiger partial charge in [0.2, 0.25) is 0 Å². The largest absolute Gasteiger partial charge is 0.425 e. The number of benzene rings is 1. The average Bonchev–Trinajstić information content (AvgIpc) is 3.27. The maximum absolute atomic E-state index is 11.8. The quantitative estimate of drug-likeness (QED) is 0.275. The summed E-state index contributed by atoms with van der Waals surface area (Å²) in [6, 6.07) is 9.17. The van der Waals surface area contributed by atoms with Crippen molar-refractivity contribution in [2.75, 3.05) is 0 Å². The number of hydrogen-bond donors (Lipinski definition) is 0. The smallest absolute Gasteiger partial charge is 0.343 e. The summed E-state index contributed by atoms with van der Waals surface area (Å²) in [5.41, 5.74) is 0. The van der Waals surface area contributed by atoms with Crippen molar-refractivity contribution in [2.45, 2.75) is 70.5 Å². The molecule has 0 bridgehead atoms. The normalized spacial score (nSPS) is 20.2. The van der Waals surface area contributed by atoms with E-state index in [1.807, 2.05) is 18.2 Å². The Morgan fingerprint density at radius 2 is 1.71 bits per heavy atom. The summed E-state index contributed by atoms with van der Waals surface area (Å²) in [5, 5.41) is 0. The van der Waals surface area contributed by atoms with Crippen LogP contribution in [0.4, 0.5) is 0 Å². The third-order valence-corrected chi connectivity index (χ3v) is 3.87. The molecule has 0 aliphatic carbocycles. The molecule has 1 aliphatic heterocycles. The molecule has 0 saturated carbocycles. The van der Waals surface area contributed by atoms with Gasteiger partial charge in [0.1, 0.15) is 5.75 Å². The highest BCUT2D eigenvalue weighted by Crippen LogP contribution is 2.29. The number of ether oxygens (including phenoxy) is 2. The van der Waals surface area contributed by atoms with Crippen LogP contribution in [-0.2, 0) is 9.53 Å². The minimum absolute atomic E-state index is 0.0804. The van der Waals surface area contributed by atoms with Gasteiger partial charge in [-0.1, -0.05) is 70.1 Å². The predicted octanol–water partition coefficient (Wildman–Crippen LogP) is 4.50. The Hall–Kier alpha value is -1.35. The molecule has 1 aromatic rings. The second kappa shape index (κ2) is 8.83. The molecule has 3 nitrogen and oxygen atoms in total. The Morgan fingerprint density at radius 3 is 2.43 bits per heavy atom. The Kier molecular flexibility index (Phi) is 6.74.